The lowest BCUT2D eigenvalue weighted by atomic mass is 10.2. The molecule has 3 heteroatoms. The molecule has 0 aliphatic heterocycles. The Morgan fingerprint density at radius 2 is 2.25 bits per heavy atom. The molecule has 1 aromatic heterocycles. The van der Waals surface area contributed by atoms with Crippen LogP contribution in [0.1, 0.15) is 38.0 Å². The average molecular weight is 239 g/mol. The first-order valence-electron chi connectivity index (χ1n) is 5.96. The Kier molecular flexibility index (Phi) is 6.34. The first kappa shape index (κ1) is 13.4. The first-order valence-corrected chi connectivity index (χ1v) is 6.84. The zero-order valence-corrected chi connectivity index (χ0v) is 11.1. The Morgan fingerprint density at radius 1 is 1.44 bits per heavy atom. The Balaban J connectivity index is 2.19. The second-order valence-corrected chi connectivity index (χ2v) is 5.14. The highest BCUT2D eigenvalue weighted by Gasteiger charge is 2.04. The molecule has 0 bridgehead atoms. The van der Waals surface area contributed by atoms with Crippen molar-refractivity contribution in [2.45, 2.75) is 39.7 Å². The number of carbonyl (C=O) groups excluding carboxylic acids is 1. The van der Waals surface area contributed by atoms with E-state index in [-0.39, 0.29) is 0 Å². The van der Waals surface area contributed by atoms with Gasteiger partial charge in [0.25, 0.3) is 0 Å². The molecule has 0 unspecified atom stereocenters. The number of carbonyl (C=O) groups is 1. The van der Waals surface area contributed by atoms with Crippen LogP contribution in [-0.4, -0.2) is 23.8 Å². The number of unbranched alkanes of at least 4 members (excludes halogenated alkanes) is 1. The molecule has 0 aromatic carbocycles. The van der Waals surface area contributed by atoms with Gasteiger partial charge in [0.15, 0.2) is 0 Å². The van der Waals surface area contributed by atoms with Crippen molar-refractivity contribution < 1.29 is 4.79 Å². The van der Waals surface area contributed by atoms with Crippen LogP contribution in [0.3, 0.4) is 0 Å². The van der Waals surface area contributed by atoms with Gasteiger partial charge in [-0.1, -0.05) is 13.0 Å². The van der Waals surface area contributed by atoms with Gasteiger partial charge in [0, 0.05) is 17.8 Å². The van der Waals surface area contributed by atoms with Gasteiger partial charge >= 0.3 is 0 Å². The third kappa shape index (κ3) is 5.42. The SMILES string of the molecule is CCN(CCCCC(C)=O)Cc1cccs1. The maximum Gasteiger partial charge on any atom is 0.129 e. The minimum atomic E-state index is 0.307. The topological polar surface area (TPSA) is 20.3 Å². The molecule has 1 aromatic rings. The van der Waals surface area contributed by atoms with Crippen molar-refractivity contribution in [1.82, 2.24) is 4.90 Å². The average Bonchev–Trinajstić information content (AvgIpc) is 2.75. The monoisotopic (exact) mass is 239 g/mol. The molecular formula is C13H21NOS. The molecule has 1 rings (SSSR count). The second-order valence-electron chi connectivity index (χ2n) is 4.11. The Hall–Kier alpha value is -0.670. The van der Waals surface area contributed by atoms with Crippen LogP contribution in [0.5, 0.6) is 0 Å². The van der Waals surface area contributed by atoms with Gasteiger partial charge in [0.05, 0.1) is 0 Å². The lowest BCUT2D eigenvalue weighted by molar-refractivity contribution is -0.117. The van der Waals surface area contributed by atoms with Gasteiger partial charge in [-0.25, -0.2) is 0 Å². The molecular weight excluding hydrogens is 218 g/mol. The van der Waals surface area contributed by atoms with Gasteiger partial charge in [0.1, 0.15) is 5.78 Å². The van der Waals surface area contributed by atoms with Gasteiger partial charge in [-0.05, 0) is 44.3 Å². The number of hydrogen-bond donors (Lipinski definition) is 0. The highest BCUT2D eigenvalue weighted by atomic mass is 32.1. The number of Topliss-reactive ketones (excluding diaryl/α,β-unsaturated/α-hetero) is 1. The van der Waals surface area contributed by atoms with E-state index in [1.165, 1.54) is 4.88 Å². The normalized spacial score (nSPS) is 10.9. The van der Waals surface area contributed by atoms with Gasteiger partial charge in [-0.15, -0.1) is 11.3 Å². The Bertz CT molecular complexity index is 295. The zero-order chi connectivity index (χ0) is 11.8. The van der Waals surface area contributed by atoms with Gasteiger partial charge < -0.3 is 4.79 Å². The zero-order valence-electron chi connectivity index (χ0n) is 10.2. The third-order valence-electron chi connectivity index (χ3n) is 2.66. The van der Waals surface area contributed by atoms with Crippen LogP contribution in [-0.2, 0) is 11.3 Å². The Labute approximate surface area is 102 Å². The predicted molar refractivity (Wildman–Crippen MR) is 69.8 cm³/mol. The summed E-state index contributed by atoms with van der Waals surface area (Å²) in [6.07, 6.45) is 2.88. The third-order valence-corrected chi connectivity index (χ3v) is 3.52. The van der Waals surface area contributed by atoms with E-state index in [2.05, 4.69) is 29.3 Å². The molecule has 0 amide bonds. The van der Waals surface area contributed by atoms with Gasteiger partial charge in [-0.3, -0.25) is 4.90 Å². The summed E-state index contributed by atoms with van der Waals surface area (Å²) in [5, 5.41) is 2.12. The molecule has 1 heterocycles. The number of ketones is 1. The van der Waals surface area contributed by atoms with Crippen molar-refractivity contribution in [2.24, 2.45) is 0 Å². The maximum absolute atomic E-state index is 10.8. The maximum atomic E-state index is 10.8. The summed E-state index contributed by atoms with van der Waals surface area (Å²) < 4.78 is 0. The fourth-order valence-corrected chi connectivity index (χ4v) is 2.43. The molecule has 0 radical (unpaired) electrons. The molecule has 0 aliphatic carbocycles. The number of thiophene rings is 1. The second kappa shape index (κ2) is 7.58. The quantitative estimate of drug-likeness (QED) is 0.649. The minimum absolute atomic E-state index is 0.307. The first-order chi connectivity index (χ1) is 7.72. The van der Waals surface area contributed by atoms with E-state index >= 15 is 0 Å². The highest BCUT2D eigenvalue weighted by Crippen LogP contribution is 2.12. The summed E-state index contributed by atoms with van der Waals surface area (Å²) in [7, 11) is 0. The van der Waals surface area contributed by atoms with Crippen LogP contribution in [0.25, 0.3) is 0 Å². The summed E-state index contributed by atoms with van der Waals surface area (Å²) >= 11 is 1.81. The van der Waals surface area contributed by atoms with Crippen molar-refractivity contribution in [3.63, 3.8) is 0 Å². The fraction of sp³-hybridized carbons (Fsp3) is 0.615. The van der Waals surface area contributed by atoms with Crippen LogP contribution >= 0.6 is 11.3 Å². The van der Waals surface area contributed by atoms with Crippen molar-refractivity contribution >= 4 is 17.1 Å². The number of nitrogens with zero attached hydrogens (tertiary/aromatic N) is 1. The van der Waals surface area contributed by atoms with Crippen LogP contribution in [0.15, 0.2) is 17.5 Å². The number of hydrogen-bond acceptors (Lipinski definition) is 3. The van der Waals surface area contributed by atoms with Crippen molar-refractivity contribution in [2.75, 3.05) is 13.1 Å². The van der Waals surface area contributed by atoms with E-state index in [4.69, 9.17) is 0 Å². The minimum Gasteiger partial charge on any atom is -0.300 e. The smallest absolute Gasteiger partial charge is 0.129 e. The summed E-state index contributed by atoms with van der Waals surface area (Å²) in [4.78, 5) is 14.7. The van der Waals surface area contributed by atoms with Crippen LogP contribution in [0.2, 0.25) is 0 Å². The summed E-state index contributed by atoms with van der Waals surface area (Å²) in [6, 6.07) is 4.28. The predicted octanol–water partition coefficient (Wildman–Crippen LogP) is 3.33. The van der Waals surface area contributed by atoms with E-state index in [0.717, 1.165) is 38.9 Å². The standard InChI is InChI=1S/C13H21NOS/c1-3-14(9-5-4-7-12(2)15)11-13-8-6-10-16-13/h6,8,10H,3-5,7,9,11H2,1-2H3. The van der Waals surface area contributed by atoms with E-state index in [9.17, 15) is 4.79 Å². The van der Waals surface area contributed by atoms with Crippen molar-refractivity contribution in [3.8, 4) is 0 Å². The van der Waals surface area contributed by atoms with Crippen LogP contribution in [0, 0.1) is 0 Å². The molecule has 16 heavy (non-hydrogen) atoms. The molecule has 0 aliphatic rings. The Morgan fingerprint density at radius 3 is 2.81 bits per heavy atom. The van der Waals surface area contributed by atoms with Crippen molar-refractivity contribution in [1.29, 1.82) is 0 Å². The molecule has 0 saturated heterocycles. The fourth-order valence-electron chi connectivity index (χ4n) is 1.68. The summed E-state index contributed by atoms with van der Waals surface area (Å²) in [5.74, 6) is 0.307. The van der Waals surface area contributed by atoms with E-state index < -0.39 is 0 Å². The molecule has 0 N–H and O–H groups in total. The molecule has 90 valence electrons. The van der Waals surface area contributed by atoms with Gasteiger partial charge in [-0.2, -0.15) is 0 Å². The molecule has 2 nitrogen and oxygen atoms in total. The lowest BCUT2D eigenvalue weighted by Gasteiger charge is -2.19. The van der Waals surface area contributed by atoms with E-state index in [0.29, 0.717) is 5.78 Å². The van der Waals surface area contributed by atoms with E-state index in [1.807, 2.05) is 11.3 Å². The summed E-state index contributed by atoms with van der Waals surface area (Å²) in [5.41, 5.74) is 0. The number of rotatable bonds is 8. The highest BCUT2D eigenvalue weighted by molar-refractivity contribution is 7.09. The van der Waals surface area contributed by atoms with Crippen molar-refractivity contribution in [3.05, 3.63) is 22.4 Å². The van der Waals surface area contributed by atoms with E-state index in [1.54, 1.807) is 6.92 Å². The molecule has 0 fully saturated rings. The summed E-state index contributed by atoms with van der Waals surface area (Å²) in [6.45, 7) is 7.09. The van der Waals surface area contributed by atoms with Crippen LogP contribution < -0.4 is 0 Å². The molecule has 0 saturated carbocycles. The molecule has 0 atom stereocenters. The lowest BCUT2D eigenvalue weighted by Crippen LogP contribution is -2.23. The van der Waals surface area contributed by atoms with Crippen LogP contribution in [0.4, 0.5) is 0 Å². The largest absolute Gasteiger partial charge is 0.300 e. The molecule has 0 spiro atoms. The van der Waals surface area contributed by atoms with Gasteiger partial charge in [0.2, 0.25) is 0 Å².